The van der Waals surface area contributed by atoms with Crippen LogP contribution in [-0.2, 0) is 17.8 Å². The molecule has 4 nitrogen and oxygen atoms in total. The van der Waals surface area contributed by atoms with Gasteiger partial charge in [0, 0.05) is 24.0 Å². The smallest absolute Gasteiger partial charge is 0.224 e. The van der Waals surface area contributed by atoms with Crippen LogP contribution in [-0.4, -0.2) is 15.9 Å². The van der Waals surface area contributed by atoms with Crippen molar-refractivity contribution < 1.29 is 4.79 Å². The first-order chi connectivity index (χ1) is 11.7. The van der Waals surface area contributed by atoms with Crippen LogP contribution in [0.3, 0.4) is 0 Å². The number of amides is 1. The first kappa shape index (κ1) is 16.1. The predicted octanol–water partition coefficient (Wildman–Crippen LogP) is 3.66. The second-order valence-electron chi connectivity index (χ2n) is 5.36. The average Bonchev–Trinajstić information content (AvgIpc) is 2.62. The summed E-state index contributed by atoms with van der Waals surface area (Å²) in [7, 11) is 0. The summed E-state index contributed by atoms with van der Waals surface area (Å²) in [6, 6.07) is 15.7. The fourth-order valence-corrected chi connectivity index (χ4v) is 2.57. The lowest BCUT2D eigenvalue weighted by molar-refractivity contribution is -0.120. The summed E-state index contributed by atoms with van der Waals surface area (Å²) in [5.41, 5.74) is 4.00. The van der Waals surface area contributed by atoms with E-state index in [1.165, 1.54) is 6.33 Å². The highest BCUT2D eigenvalue weighted by molar-refractivity contribution is 6.30. The third-order valence-electron chi connectivity index (χ3n) is 3.63. The van der Waals surface area contributed by atoms with Crippen molar-refractivity contribution in [2.24, 2.45) is 0 Å². The van der Waals surface area contributed by atoms with Crippen LogP contribution in [0.1, 0.15) is 11.1 Å². The Morgan fingerprint density at radius 2 is 1.71 bits per heavy atom. The van der Waals surface area contributed by atoms with Gasteiger partial charge in [0.2, 0.25) is 5.91 Å². The lowest BCUT2D eigenvalue weighted by Crippen LogP contribution is -2.24. The highest BCUT2D eigenvalue weighted by Crippen LogP contribution is 2.25. The van der Waals surface area contributed by atoms with E-state index in [1.54, 1.807) is 12.4 Å². The van der Waals surface area contributed by atoms with Gasteiger partial charge in [0.05, 0.1) is 6.42 Å². The molecule has 24 heavy (non-hydrogen) atoms. The van der Waals surface area contributed by atoms with Gasteiger partial charge in [-0.25, -0.2) is 9.97 Å². The largest absolute Gasteiger partial charge is 0.352 e. The summed E-state index contributed by atoms with van der Waals surface area (Å²) in [5, 5.41) is 3.65. The second kappa shape index (κ2) is 7.70. The molecule has 120 valence electrons. The molecule has 3 rings (SSSR count). The van der Waals surface area contributed by atoms with E-state index < -0.39 is 0 Å². The SMILES string of the molecule is O=C(Cc1cncnc1)NCc1ccccc1-c1ccc(Cl)cc1. The van der Waals surface area contributed by atoms with Crippen molar-refractivity contribution in [1.82, 2.24) is 15.3 Å². The number of halogens is 1. The number of hydrogen-bond donors (Lipinski definition) is 1. The summed E-state index contributed by atoms with van der Waals surface area (Å²) in [4.78, 5) is 19.9. The van der Waals surface area contributed by atoms with Crippen molar-refractivity contribution in [3.8, 4) is 11.1 Å². The highest BCUT2D eigenvalue weighted by atomic mass is 35.5. The van der Waals surface area contributed by atoms with E-state index >= 15 is 0 Å². The van der Waals surface area contributed by atoms with E-state index in [1.807, 2.05) is 48.5 Å². The molecule has 5 heteroatoms. The Hall–Kier alpha value is -2.72. The number of carbonyl (C=O) groups excluding carboxylic acids is 1. The quantitative estimate of drug-likeness (QED) is 0.773. The molecule has 0 fully saturated rings. The maximum atomic E-state index is 12.1. The normalized spacial score (nSPS) is 10.4. The van der Waals surface area contributed by atoms with Gasteiger partial charge in [-0.05, 0) is 34.4 Å². The summed E-state index contributed by atoms with van der Waals surface area (Å²) < 4.78 is 0. The average molecular weight is 338 g/mol. The van der Waals surface area contributed by atoms with Crippen LogP contribution in [0.15, 0.2) is 67.3 Å². The van der Waals surface area contributed by atoms with Crippen molar-refractivity contribution in [1.29, 1.82) is 0 Å². The molecule has 0 aliphatic rings. The van der Waals surface area contributed by atoms with Crippen molar-refractivity contribution in [2.75, 3.05) is 0 Å². The molecule has 1 amide bonds. The Balaban J connectivity index is 1.69. The fraction of sp³-hybridized carbons (Fsp3) is 0.105. The minimum Gasteiger partial charge on any atom is -0.352 e. The molecular weight excluding hydrogens is 322 g/mol. The predicted molar refractivity (Wildman–Crippen MR) is 94.5 cm³/mol. The van der Waals surface area contributed by atoms with E-state index in [0.29, 0.717) is 11.6 Å². The number of benzene rings is 2. The number of nitrogens with zero attached hydrogens (tertiary/aromatic N) is 2. The van der Waals surface area contributed by atoms with E-state index in [9.17, 15) is 4.79 Å². The van der Waals surface area contributed by atoms with Crippen molar-refractivity contribution in [2.45, 2.75) is 13.0 Å². The zero-order valence-electron chi connectivity index (χ0n) is 12.9. The minimum absolute atomic E-state index is 0.0595. The molecular formula is C19H16ClN3O. The van der Waals surface area contributed by atoms with Crippen LogP contribution >= 0.6 is 11.6 Å². The van der Waals surface area contributed by atoms with Crippen LogP contribution < -0.4 is 5.32 Å². The Morgan fingerprint density at radius 3 is 2.46 bits per heavy atom. The molecule has 0 unspecified atom stereocenters. The first-order valence-corrected chi connectivity index (χ1v) is 7.94. The van der Waals surface area contributed by atoms with Gasteiger partial charge in [0.15, 0.2) is 0 Å². The third-order valence-corrected chi connectivity index (χ3v) is 3.88. The molecule has 1 aromatic heterocycles. The molecule has 0 aliphatic carbocycles. The number of hydrogen-bond acceptors (Lipinski definition) is 3. The number of aromatic nitrogens is 2. The molecule has 3 aromatic rings. The van der Waals surface area contributed by atoms with Crippen LogP contribution in [0.5, 0.6) is 0 Å². The van der Waals surface area contributed by atoms with E-state index in [0.717, 1.165) is 22.3 Å². The Labute approximate surface area is 145 Å². The molecule has 0 bridgehead atoms. The number of rotatable bonds is 5. The number of nitrogens with one attached hydrogen (secondary N) is 1. The maximum Gasteiger partial charge on any atom is 0.224 e. The molecule has 0 radical (unpaired) electrons. The second-order valence-corrected chi connectivity index (χ2v) is 5.80. The van der Waals surface area contributed by atoms with Crippen LogP contribution in [0.25, 0.3) is 11.1 Å². The molecule has 1 N–H and O–H groups in total. The van der Waals surface area contributed by atoms with Gasteiger partial charge in [-0.1, -0.05) is 48.0 Å². The van der Waals surface area contributed by atoms with Gasteiger partial charge in [0.25, 0.3) is 0 Å². The lowest BCUT2D eigenvalue weighted by atomic mass is 10.00. The zero-order valence-corrected chi connectivity index (χ0v) is 13.7. The van der Waals surface area contributed by atoms with E-state index in [-0.39, 0.29) is 12.3 Å². The molecule has 0 spiro atoms. The maximum absolute atomic E-state index is 12.1. The van der Waals surface area contributed by atoms with E-state index in [2.05, 4.69) is 15.3 Å². The molecule has 0 atom stereocenters. The Bertz CT molecular complexity index is 820. The summed E-state index contributed by atoms with van der Waals surface area (Å²) in [6.45, 7) is 0.464. The highest BCUT2D eigenvalue weighted by Gasteiger charge is 2.07. The van der Waals surface area contributed by atoms with Crippen molar-refractivity contribution in [3.05, 3.63) is 83.4 Å². The van der Waals surface area contributed by atoms with Gasteiger partial charge in [-0.15, -0.1) is 0 Å². The standard InChI is InChI=1S/C19H16ClN3O/c20-17-7-5-15(6-8-17)18-4-2-1-3-16(18)12-23-19(24)9-14-10-21-13-22-11-14/h1-8,10-11,13H,9,12H2,(H,23,24). The van der Waals surface area contributed by atoms with Crippen molar-refractivity contribution >= 4 is 17.5 Å². The molecule has 0 aliphatic heterocycles. The molecule has 1 heterocycles. The van der Waals surface area contributed by atoms with Crippen LogP contribution in [0, 0.1) is 0 Å². The summed E-state index contributed by atoms with van der Waals surface area (Å²) in [5.74, 6) is -0.0595. The summed E-state index contributed by atoms with van der Waals surface area (Å²) in [6.07, 6.45) is 5.01. The molecule has 0 saturated heterocycles. The topological polar surface area (TPSA) is 54.9 Å². The van der Waals surface area contributed by atoms with Crippen LogP contribution in [0.4, 0.5) is 0 Å². The Morgan fingerprint density at radius 1 is 1.00 bits per heavy atom. The number of carbonyl (C=O) groups is 1. The van der Waals surface area contributed by atoms with Crippen molar-refractivity contribution in [3.63, 3.8) is 0 Å². The Kier molecular flexibility index (Phi) is 5.18. The van der Waals surface area contributed by atoms with Crippen LogP contribution in [0.2, 0.25) is 5.02 Å². The van der Waals surface area contributed by atoms with Gasteiger partial charge >= 0.3 is 0 Å². The minimum atomic E-state index is -0.0595. The fourth-order valence-electron chi connectivity index (χ4n) is 2.45. The zero-order chi connectivity index (χ0) is 16.8. The van der Waals surface area contributed by atoms with Gasteiger partial charge in [0.1, 0.15) is 6.33 Å². The van der Waals surface area contributed by atoms with Gasteiger partial charge < -0.3 is 5.32 Å². The molecule has 2 aromatic carbocycles. The molecule has 0 saturated carbocycles. The first-order valence-electron chi connectivity index (χ1n) is 7.57. The van der Waals surface area contributed by atoms with Gasteiger partial charge in [-0.3, -0.25) is 4.79 Å². The van der Waals surface area contributed by atoms with E-state index in [4.69, 9.17) is 11.6 Å². The van der Waals surface area contributed by atoms with Gasteiger partial charge in [-0.2, -0.15) is 0 Å². The lowest BCUT2D eigenvalue weighted by Gasteiger charge is -2.11. The summed E-state index contributed by atoms with van der Waals surface area (Å²) >= 11 is 5.95. The monoisotopic (exact) mass is 337 g/mol. The third kappa shape index (κ3) is 4.18.